The Morgan fingerprint density at radius 3 is 2.81 bits per heavy atom. The SMILES string of the molecule is CCCn1ccc(COCCC(F)(F)F)n1. The molecule has 0 aliphatic rings. The zero-order chi connectivity index (χ0) is 12.0. The lowest BCUT2D eigenvalue weighted by Gasteiger charge is -2.05. The maximum absolute atomic E-state index is 11.8. The first-order valence-electron chi connectivity index (χ1n) is 5.18. The molecule has 0 saturated heterocycles. The van der Waals surface area contributed by atoms with Gasteiger partial charge in [-0.3, -0.25) is 4.68 Å². The van der Waals surface area contributed by atoms with Crippen molar-refractivity contribution in [2.45, 2.75) is 39.1 Å². The third-order valence-corrected chi connectivity index (χ3v) is 1.93. The predicted molar refractivity (Wildman–Crippen MR) is 52.8 cm³/mol. The molecule has 0 N–H and O–H groups in total. The van der Waals surface area contributed by atoms with Crippen molar-refractivity contribution >= 4 is 0 Å². The van der Waals surface area contributed by atoms with Crippen molar-refractivity contribution in [2.24, 2.45) is 0 Å². The first-order chi connectivity index (χ1) is 7.51. The lowest BCUT2D eigenvalue weighted by atomic mass is 10.4. The van der Waals surface area contributed by atoms with E-state index in [9.17, 15) is 13.2 Å². The second-order valence-electron chi connectivity index (χ2n) is 3.49. The van der Waals surface area contributed by atoms with E-state index in [0.717, 1.165) is 13.0 Å². The zero-order valence-electron chi connectivity index (χ0n) is 9.13. The molecule has 1 rings (SSSR count). The molecule has 16 heavy (non-hydrogen) atoms. The summed E-state index contributed by atoms with van der Waals surface area (Å²) in [4.78, 5) is 0. The van der Waals surface area contributed by atoms with Crippen LogP contribution in [0.5, 0.6) is 0 Å². The Bertz CT molecular complexity index is 309. The largest absolute Gasteiger partial charge is 0.391 e. The number of alkyl halides is 3. The smallest absolute Gasteiger partial charge is 0.375 e. The standard InChI is InChI=1S/C10H15F3N2O/c1-2-5-15-6-3-9(14-15)8-16-7-4-10(11,12)13/h3,6H,2,4-5,7-8H2,1H3. The Morgan fingerprint density at radius 2 is 2.19 bits per heavy atom. The van der Waals surface area contributed by atoms with Crippen LogP contribution in [0, 0.1) is 0 Å². The van der Waals surface area contributed by atoms with Crippen LogP contribution in [0.2, 0.25) is 0 Å². The molecule has 1 aromatic heterocycles. The third-order valence-electron chi connectivity index (χ3n) is 1.93. The van der Waals surface area contributed by atoms with Crippen LogP contribution in [-0.4, -0.2) is 22.6 Å². The number of rotatable bonds is 6. The van der Waals surface area contributed by atoms with Crippen molar-refractivity contribution in [1.29, 1.82) is 0 Å². The molecule has 0 radical (unpaired) electrons. The molecule has 1 aromatic rings. The van der Waals surface area contributed by atoms with Crippen LogP contribution in [0.3, 0.4) is 0 Å². The molecule has 0 spiro atoms. The Kier molecular flexibility index (Phi) is 4.79. The first kappa shape index (κ1) is 13.0. The molecular formula is C10H15F3N2O. The molecule has 0 aromatic carbocycles. The lowest BCUT2D eigenvalue weighted by molar-refractivity contribution is -0.146. The molecule has 0 atom stereocenters. The molecule has 0 unspecified atom stereocenters. The van der Waals surface area contributed by atoms with Gasteiger partial charge >= 0.3 is 6.18 Å². The monoisotopic (exact) mass is 236 g/mol. The van der Waals surface area contributed by atoms with Crippen LogP contribution in [0.25, 0.3) is 0 Å². The summed E-state index contributed by atoms with van der Waals surface area (Å²) in [6, 6.07) is 1.75. The normalized spacial score (nSPS) is 12.0. The van der Waals surface area contributed by atoms with Crippen LogP contribution in [0.1, 0.15) is 25.5 Å². The zero-order valence-corrected chi connectivity index (χ0v) is 9.13. The minimum Gasteiger partial charge on any atom is -0.375 e. The van der Waals surface area contributed by atoms with Gasteiger partial charge in [0.1, 0.15) is 0 Å². The summed E-state index contributed by atoms with van der Waals surface area (Å²) in [6.07, 6.45) is -2.30. The second-order valence-corrected chi connectivity index (χ2v) is 3.49. The number of hydrogen-bond donors (Lipinski definition) is 0. The Balaban J connectivity index is 2.21. The van der Waals surface area contributed by atoms with E-state index in [1.165, 1.54) is 0 Å². The van der Waals surface area contributed by atoms with Gasteiger partial charge in [-0.1, -0.05) is 6.92 Å². The molecule has 0 amide bonds. The van der Waals surface area contributed by atoms with E-state index in [4.69, 9.17) is 4.74 Å². The van der Waals surface area contributed by atoms with Crippen molar-refractivity contribution in [3.63, 3.8) is 0 Å². The van der Waals surface area contributed by atoms with Crippen LogP contribution >= 0.6 is 0 Å². The van der Waals surface area contributed by atoms with Gasteiger partial charge in [-0.15, -0.1) is 0 Å². The van der Waals surface area contributed by atoms with Crippen molar-refractivity contribution in [1.82, 2.24) is 9.78 Å². The topological polar surface area (TPSA) is 27.1 Å². The highest BCUT2D eigenvalue weighted by Gasteiger charge is 2.26. The minimum absolute atomic E-state index is 0.132. The van der Waals surface area contributed by atoms with Gasteiger partial charge in [0.05, 0.1) is 25.3 Å². The highest BCUT2D eigenvalue weighted by molar-refractivity contribution is 4.96. The number of halogens is 3. The number of aryl methyl sites for hydroxylation is 1. The quantitative estimate of drug-likeness (QED) is 0.710. The van der Waals surface area contributed by atoms with Crippen molar-refractivity contribution in [3.05, 3.63) is 18.0 Å². The molecule has 3 nitrogen and oxygen atoms in total. The number of ether oxygens (including phenoxy) is 1. The molecule has 0 fully saturated rings. The summed E-state index contributed by atoms with van der Waals surface area (Å²) >= 11 is 0. The number of hydrogen-bond acceptors (Lipinski definition) is 2. The highest BCUT2D eigenvalue weighted by Crippen LogP contribution is 2.19. The maximum atomic E-state index is 11.8. The minimum atomic E-state index is -4.15. The molecule has 0 saturated carbocycles. The molecule has 1 heterocycles. The van der Waals surface area contributed by atoms with Gasteiger partial charge in [-0.2, -0.15) is 18.3 Å². The van der Waals surface area contributed by atoms with E-state index in [0.29, 0.717) is 5.69 Å². The summed E-state index contributed by atoms with van der Waals surface area (Å²) in [5, 5.41) is 4.14. The highest BCUT2D eigenvalue weighted by atomic mass is 19.4. The lowest BCUT2D eigenvalue weighted by Crippen LogP contribution is -2.11. The summed E-state index contributed by atoms with van der Waals surface area (Å²) in [5.41, 5.74) is 0.663. The summed E-state index contributed by atoms with van der Waals surface area (Å²) in [5.74, 6) is 0. The fourth-order valence-electron chi connectivity index (χ4n) is 1.20. The predicted octanol–water partition coefficient (Wildman–Crippen LogP) is 2.76. The van der Waals surface area contributed by atoms with E-state index in [2.05, 4.69) is 5.10 Å². The van der Waals surface area contributed by atoms with E-state index in [-0.39, 0.29) is 13.2 Å². The Morgan fingerprint density at radius 1 is 1.44 bits per heavy atom. The van der Waals surface area contributed by atoms with Gasteiger partial charge in [0.15, 0.2) is 0 Å². The number of nitrogens with zero attached hydrogens (tertiary/aromatic N) is 2. The van der Waals surface area contributed by atoms with Gasteiger partial charge in [-0.05, 0) is 12.5 Å². The van der Waals surface area contributed by atoms with E-state index in [1.807, 2.05) is 6.92 Å². The third kappa shape index (κ3) is 5.16. The molecular weight excluding hydrogens is 221 g/mol. The van der Waals surface area contributed by atoms with Crippen molar-refractivity contribution < 1.29 is 17.9 Å². The van der Waals surface area contributed by atoms with Crippen LogP contribution in [0.4, 0.5) is 13.2 Å². The Hall–Kier alpha value is -1.04. The van der Waals surface area contributed by atoms with Crippen LogP contribution in [-0.2, 0) is 17.9 Å². The van der Waals surface area contributed by atoms with Gasteiger partial charge in [0.2, 0.25) is 0 Å². The molecule has 6 heteroatoms. The molecule has 0 aliphatic heterocycles. The molecule has 0 bridgehead atoms. The van der Waals surface area contributed by atoms with Gasteiger partial charge in [0.25, 0.3) is 0 Å². The van der Waals surface area contributed by atoms with Crippen molar-refractivity contribution in [3.8, 4) is 0 Å². The van der Waals surface area contributed by atoms with Crippen molar-refractivity contribution in [2.75, 3.05) is 6.61 Å². The molecule has 0 aliphatic carbocycles. The van der Waals surface area contributed by atoms with E-state index in [1.54, 1.807) is 16.9 Å². The summed E-state index contributed by atoms with van der Waals surface area (Å²) in [7, 11) is 0. The second kappa shape index (κ2) is 5.89. The summed E-state index contributed by atoms with van der Waals surface area (Å²) in [6.45, 7) is 2.65. The number of aromatic nitrogens is 2. The summed E-state index contributed by atoms with van der Waals surface area (Å²) < 4.78 is 42.0. The first-order valence-corrected chi connectivity index (χ1v) is 5.18. The van der Waals surface area contributed by atoms with Gasteiger partial charge in [0, 0.05) is 12.7 Å². The fourth-order valence-corrected chi connectivity index (χ4v) is 1.20. The van der Waals surface area contributed by atoms with Crippen LogP contribution in [0.15, 0.2) is 12.3 Å². The average Bonchev–Trinajstić information content (AvgIpc) is 2.60. The van der Waals surface area contributed by atoms with Gasteiger partial charge < -0.3 is 4.74 Å². The maximum Gasteiger partial charge on any atom is 0.391 e. The van der Waals surface area contributed by atoms with E-state index < -0.39 is 12.6 Å². The van der Waals surface area contributed by atoms with Crippen LogP contribution < -0.4 is 0 Å². The van der Waals surface area contributed by atoms with E-state index >= 15 is 0 Å². The fraction of sp³-hybridized carbons (Fsp3) is 0.700. The average molecular weight is 236 g/mol. The van der Waals surface area contributed by atoms with Gasteiger partial charge in [-0.25, -0.2) is 0 Å². The Labute approximate surface area is 92.2 Å². The molecule has 92 valence electrons.